The Bertz CT molecular complexity index is 639. The van der Waals surface area contributed by atoms with E-state index >= 15 is 0 Å². The van der Waals surface area contributed by atoms with Crippen LogP contribution < -0.4 is 5.32 Å². The van der Waals surface area contributed by atoms with Crippen molar-refractivity contribution in [1.82, 2.24) is 15.2 Å². The van der Waals surface area contributed by atoms with E-state index in [0.717, 1.165) is 5.56 Å². The number of carbonyl (C=O) groups excluding carboxylic acids is 2. The Balaban J connectivity index is 2.02. The molecule has 0 saturated carbocycles. The van der Waals surface area contributed by atoms with Crippen molar-refractivity contribution in [2.45, 2.75) is 6.54 Å². The van der Waals surface area contributed by atoms with E-state index in [4.69, 9.17) is 0 Å². The third-order valence-corrected chi connectivity index (χ3v) is 2.93. The molecule has 5 nitrogen and oxygen atoms in total. The van der Waals surface area contributed by atoms with Gasteiger partial charge in [0.2, 0.25) is 0 Å². The molecule has 1 aromatic heterocycles. The van der Waals surface area contributed by atoms with Gasteiger partial charge in [0, 0.05) is 32.4 Å². The van der Waals surface area contributed by atoms with E-state index in [1.807, 2.05) is 6.07 Å². The summed E-state index contributed by atoms with van der Waals surface area (Å²) in [6.07, 6.45) is 1.57. The number of hydrogen-bond donors (Lipinski definition) is 1. The molecular formula is C16H17N3O2. The van der Waals surface area contributed by atoms with Gasteiger partial charge < -0.3 is 10.2 Å². The molecule has 1 aromatic carbocycles. The molecule has 0 unspecified atom stereocenters. The summed E-state index contributed by atoms with van der Waals surface area (Å²) in [6.45, 7) is 0.351. The second-order valence-corrected chi connectivity index (χ2v) is 4.80. The van der Waals surface area contributed by atoms with Crippen molar-refractivity contribution in [3.8, 4) is 0 Å². The molecule has 0 spiro atoms. The molecule has 1 heterocycles. The Hall–Kier alpha value is -2.69. The summed E-state index contributed by atoms with van der Waals surface area (Å²) in [6, 6.07) is 12.4. The van der Waals surface area contributed by atoms with Crippen LogP contribution in [0.3, 0.4) is 0 Å². The molecule has 21 heavy (non-hydrogen) atoms. The summed E-state index contributed by atoms with van der Waals surface area (Å²) in [7, 11) is 3.41. The number of rotatable bonds is 4. The molecule has 2 rings (SSSR count). The normalized spacial score (nSPS) is 10.0. The van der Waals surface area contributed by atoms with Crippen LogP contribution in [-0.2, 0) is 6.54 Å². The van der Waals surface area contributed by atoms with E-state index in [-0.39, 0.29) is 11.8 Å². The van der Waals surface area contributed by atoms with Gasteiger partial charge in [-0.25, -0.2) is 0 Å². The zero-order valence-corrected chi connectivity index (χ0v) is 12.0. The number of hydrogen-bond acceptors (Lipinski definition) is 3. The lowest BCUT2D eigenvalue weighted by molar-refractivity contribution is 0.0827. The number of pyridine rings is 1. The highest BCUT2D eigenvalue weighted by molar-refractivity contribution is 5.94. The maximum absolute atomic E-state index is 11.9. The fourth-order valence-electron chi connectivity index (χ4n) is 1.84. The molecular weight excluding hydrogens is 266 g/mol. The lowest BCUT2D eigenvalue weighted by Crippen LogP contribution is -2.24. The number of carbonyl (C=O) groups is 2. The van der Waals surface area contributed by atoms with Gasteiger partial charge in [0.1, 0.15) is 5.69 Å². The molecule has 0 aliphatic heterocycles. The Morgan fingerprint density at radius 3 is 2.62 bits per heavy atom. The van der Waals surface area contributed by atoms with Gasteiger partial charge in [-0.15, -0.1) is 0 Å². The van der Waals surface area contributed by atoms with E-state index in [1.54, 1.807) is 56.7 Å². The minimum Gasteiger partial charge on any atom is -0.347 e. The first-order chi connectivity index (χ1) is 10.1. The average molecular weight is 283 g/mol. The maximum atomic E-state index is 11.9. The van der Waals surface area contributed by atoms with Crippen LogP contribution in [0.15, 0.2) is 48.7 Å². The van der Waals surface area contributed by atoms with Crippen LogP contribution in [0.25, 0.3) is 0 Å². The molecule has 1 N–H and O–H groups in total. The summed E-state index contributed by atoms with van der Waals surface area (Å²) in [5.74, 6) is -0.298. The lowest BCUT2D eigenvalue weighted by atomic mass is 10.1. The van der Waals surface area contributed by atoms with Gasteiger partial charge in [0.15, 0.2) is 0 Å². The van der Waals surface area contributed by atoms with Crippen molar-refractivity contribution in [2.75, 3.05) is 14.1 Å². The molecule has 2 amide bonds. The number of nitrogens with one attached hydrogen (secondary N) is 1. The minimum absolute atomic E-state index is 0.0621. The van der Waals surface area contributed by atoms with Crippen molar-refractivity contribution in [1.29, 1.82) is 0 Å². The fraction of sp³-hybridized carbons (Fsp3) is 0.188. The van der Waals surface area contributed by atoms with Crippen molar-refractivity contribution in [3.63, 3.8) is 0 Å². The second kappa shape index (κ2) is 6.65. The van der Waals surface area contributed by atoms with Crippen molar-refractivity contribution in [2.24, 2.45) is 0 Å². The summed E-state index contributed by atoms with van der Waals surface area (Å²) < 4.78 is 0. The van der Waals surface area contributed by atoms with Crippen LogP contribution in [0.4, 0.5) is 0 Å². The van der Waals surface area contributed by atoms with E-state index < -0.39 is 0 Å². The lowest BCUT2D eigenvalue weighted by Gasteiger charge is -2.11. The van der Waals surface area contributed by atoms with E-state index in [1.165, 1.54) is 4.90 Å². The largest absolute Gasteiger partial charge is 0.347 e. The summed E-state index contributed by atoms with van der Waals surface area (Å²) in [5.41, 5.74) is 1.84. The molecule has 0 bridgehead atoms. The maximum Gasteiger partial charge on any atom is 0.270 e. The van der Waals surface area contributed by atoms with Crippen LogP contribution in [0.5, 0.6) is 0 Å². The molecule has 108 valence electrons. The minimum atomic E-state index is -0.236. The Morgan fingerprint density at radius 1 is 1.14 bits per heavy atom. The van der Waals surface area contributed by atoms with E-state index in [9.17, 15) is 9.59 Å². The summed E-state index contributed by atoms with van der Waals surface area (Å²) in [4.78, 5) is 29.3. The van der Waals surface area contributed by atoms with E-state index in [2.05, 4.69) is 10.3 Å². The van der Waals surface area contributed by atoms with Crippen molar-refractivity contribution in [3.05, 3.63) is 65.5 Å². The standard InChI is InChI=1S/C16H17N3O2/c1-19(2)16(21)13-7-5-6-12(10-13)11-18-15(20)14-8-3-4-9-17-14/h3-10H,11H2,1-2H3,(H,18,20). The zero-order chi connectivity index (χ0) is 15.2. The second-order valence-electron chi connectivity index (χ2n) is 4.80. The van der Waals surface area contributed by atoms with Gasteiger partial charge in [0.05, 0.1) is 0 Å². The van der Waals surface area contributed by atoms with Gasteiger partial charge in [-0.3, -0.25) is 14.6 Å². The summed E-state index contributed by atoms with van der Waals surface area (Å²) >= 11 is 0. The number of aromatic nitrogens is 1. The third-order valence-electron chi connectivity index (χ3n) is 2.93. The van der Waals surface area contributed by atoms with Crippen molar-refractivity contribution >= 4 is 11.8 Å². The van der Waals surface area contributed by atoms with Gasteiger partial charge in [0.25, 0.3) is 11.8 Å². The van der Waals surface area contributed by atoms with Gasteiger partial charge >= 0.3 is 0 Å². The predicted molar refractivity (Wildman–Crippen MR) is 79.9 cm³/mol. The number of amides is 2. The average Bonchev–Trinajstić information content (AvgIpc) is 2.53. The quantitative estimate of drug-likeness (QED) is 0.929. The molecule has 0 saturated heterocycles. The Morgan fingerprint density at radius 2 is 1.95 bits per heavy atom. The first kappa shape index (κ1) is 14.7. The molecule has 0 fully saturated rings. The van der Waals surface area contributed by atoms with Gasteiger partial charge in [-0.05, 0) is 29.8 Å². The summed E-state index contributed by atoms with van der Waals surface area (Å²) in [5, 5.41) is 2.78. The topological polar surface area (TPSA) is 62.3 Å². The molecule has 0 aliphatic carbocycles. The first-order valence-corrected chi connectivity index (χ1v) is 6.58. The smallest absolute Gasteiger partial charge is 0.270 e. The molecule has 2 aromatic rings. The Labute approximate surface area is 123 Å². The SMILES string of the molecule is CN(C)C(=O)c1cccc(CNC(=O)c2ccccn2)c1. The fourth-order valence-corrected chi connectivity index (χ4v) is 1.84. The number of benzene rings is 1. The first-order valence-electron chi connectivity index (χ1n) is 6.58. The van der Waals surface area contributed by atoms with Crippen LogP contribution in [0.1, 0.15) is 26.4 Å². The van der Waals surface area contributed by atoms with Crippen LogP contribution in [0, 0.1) is 0 Å². The molecule has 5 heteroatoms. The monoisotopic (exact) mass is 283 g/mol. The highest BCUT2D eigenvalue weighted by atomic mass is 16.2. The van der Waals surface area contributed by atoms with Crippen LogP contribution in [0.2, 0.25) is 0 Å². The van der Waals surface area contributed by atoms with Crippen LogP contribution >= 0.6 is 0 Å². The van der Waals surface area contributed by atoms with E-state index in [0.29, 0.717) is 17.8 Å². The van der Waals surface area contributed by atoms with Gasteiger partial charge in [-0.2, -0.15) is 0 Å². The van der Waals surface area contributed by atoms with Crippen LogP contribution in [-0.4, -0.2) is 35.8 Å². The predicted octanol–water partition coefficient (Wildman–Crippen LogP) is 1.71. The molecule has 0 aliphatic rings. The third kappa shape index (κ3) is 3.89. The van der Waals surface area contributed by atoms with Gasteiger partial charge in [-0.1, -0.05) is 18.2 Å². The molecule has 0 atom stereocenters. The highest BCUT2D eigenvalue weighted by Crippen LogP contribution is 2.07. The highest BCUT2D eigenvalue weighted by Gasteiger charge is 2.09. The number of nitrogens with zero attached hydrogens (tertiary/aromatic N) is 2. The Kier molecular flexibility index (Phi) is 4.66. The van der Waals surface area contributed by atoms with Crippen molar-refractivity contribution < 1.29 is 9.59 Å². The molecule has 0 radical (unpaired) electrons. The zero-order valence-electron chi connectivity index (χ0n) is 12.0.